The van der Waals surface area contributed by atoms with E-state index < -0.39 is 0 Å². The molecule has 2 nitrogen and oxygen atoms in total. The molecule has 7 heavy (non-hydrogen) atoms. The van der Waals surface area contributed by atoms with Gasteiger partial charge in [0.2, 0.25) is 5.65 Å². The lowest BCUT2D eigenvalue weighted by Crippen LogP contribution is -2.17. The molecule has 0 aromatic rings. The molecule has 0 aliphatic carbocycles. The van der Waals surface area contributed by atoms with Gasteiger partial charge in [-0.05, 0) is 9.24 Å². The first kappa shape index (κ1) is 7.25. The minimum atomic E-state index is -0.0750. The van der Waals surface area contributed by atoms with E-state index in [1.807, 2.05) is 9.24 Å². The molecule has 1 N–H and O–H groups in total. The molecule has 0 aliphatic heterocycles. The van der Waals surface area contributed by atoms with Crippen LogP contribution < -0.4 is 5.32 Å². The maximum atomic E-state index is 10.0. The Morgan fingerprint density at radius 1 is 1.86 bits per heavy atom. The van der Waals surface area contributed by atoms with E-state index in [-0.39, 0.29) is 5.65 Å². The third kappa shape index (κ3) is 6.25. The summed E-state index contributed by atoms with van der Waals surface area (Å²) in [6, 6.07) is 0. The van der Waals surface area contributed by atoms with Crippen LogP contribution in [0.1, 0.15) is 0 Å². The van der Waals surface area contributed by atoms with E-state index in [9.17, 15) is 4.79 Å². The summed E-state index contributed by atoms with van der Waals surface area (Å²) in [5.41, 5.74) is -0.0750. The largest absolute Gasteiger partial charge is 0.352 e. The van der Waals surface area contributed by atoms with Crippen LogP contribution in [0.3, 0.4) is 0 Å². The molecule has 0 radical (unpaired) electrons. The Balaban J connectivity index is 2.82. The van der Waals surface area contributed by atoms with Gasteiger partial charge in [0.1, 0.15) is 0 Å². The van der Waals surface area contributed by atoms with Crippen molar-refractivity contribution in [1.82, 2.24) is 5.32 Å². The molecule has 0 bridgehead atoms. The molecule has 0 saturated heterocycles. The van der Waals surface area contributed by atoms with Crippen molar-refractivity contribution >= 4 is 27.5 Å². The van der Waals surface area contributed by atoms with Gasteiger partial charge in [0.25, 0.3) is 0 Å². The van der Waals surface area contributed by atoms with Crippen molar-refractivity contribution in [1.29, 1.82) is 0 Å². The number of rotatable bonds is 2. The Bertz CT molecular complexity index is 68.0. The molecule has 0 aromatic carbocycles. The van der Waals surface area contributed by atoms with E-state index in [1.54, 1.807) is 0 Å². The zero-order valence-electron chi connectivity index (χ0n) is 3.85. The average molecular weight is 137 g/mol. The fraction of sp³-hybridized carbons (Fsp3) is 0.667. The van der Waals surface area contributed by atoms with Gasteiger partial charge in [-0.3, -0.25) is 4.79 Å². The molecule has 0 aliphatic rings. The minimum absolute atomic E-state index is 0.0750. The molecular formula is C3H8NOPS. The van der Waals surface area contributed by atoms with Crippen molar-refractivity contribution in [3.8, 4) is 0 Å². The maximum Gasteiger partial charge on any atom is 0.234 e. The highest BCUT2D eigenvalue weighted by atomic mass is 32.1. The summed E-state index contributed by atoms with van der Waals surface area (Å²) in [4.78, 5) is 10.0. The number of hydrogen-bond donors (Lipinski definition) is 2. The number of amides is 1. The zero-order chi connectivity index (χ0) is 5.70. The molecule has 1 atom stereocenters. The summed E-state index contributed by atoms with van der Waals surface area (Å²) in [6.07, 6.45) is 0. The molecule has 0 aromatic heterocycles. The topological polar surface area (TPSA) is 29.1 Å². The first-order valence-corrected chi connectivity index (χ1v) is 3.12. The smallest absolute Gasteiger partial charge is 0.234 e. The van der Waals surface area contributed by atoms with Crippen molar-refractivity contribution in [3.63, 3.8) is 0 Å². The van der Waals surface area contributed by atoms with Crippen molar-refractivity contribution in [2.24, 2.45) is 0 Å². The van der Waals surface area contributed by atoms with Crippen molar-refractivity contribution < 1.29 is 4.79 Å². The summed E-state index contributed by atoms with van der Waals surface area (Å²) < 4.78 is 0. The SMILES string of the molecule is O=C(P)NCCS. The molecular weight excluding hydrogens is 129 g/mol. The van der Waals surface area contributed by atoms with Crippen LogP contribution in [0.5, 0.6) is 0 Å². The van der Waals surface area contributed by atoms with Crippen LogP contribution in [0.4, 0.5) is 4.79 Å². The standard InChI is InChI=1S/C3H8NOPS/c5-3(6)4-1-2-7/h7H,1-2,6H2,(H,4,5). The second-order valence-corrected chi connectivity index (χ2v) is 1.99. The predicted molar refractivity (Wildman–Crippen MR) is 37.0 cm³/mol. The van der Waals surface area contributed by atoms with E-state index in [0.29, 0.717) is 12.3 Å². The van der Waals surface area contributed by atoms with Crippen LogP contribution >= 0.6 is 21.9 Å². The highest BCUT2D eigenvalue weighted by Crippen LogP contribution is 1.80. The highest BCUT2D eigenvalue weighted by Gasteiger charge is 1.83. The molecule has 0 fully saturated rings. The summed E-state index contributed by atoms with van der Waals surface area (Å²) >= 11 is 3.87. The van der Waals surface area contributed by atoms with Crippen LogP contribution in [-0.4, -0.2) is 17.9 Å². The zero-order valence-corrected chi connectivity index (χ0v) is 5.90. The van der Waals surface area contributed by atoms with Crippen LogP contribution in [0.15, 0.2) is 0 Å². The van der Waals surface area contributed by atoms with E-state index in [2.05, 4.69) is 17.9 Å². The van der Waals surface area contributed by atoms with Gasteiger partial charge in [-0.2, -0.15) is 12.6 Å². The Labute approximate surface area is 50.7 Å². The number of carbonyl (C=O) groups excluding carboxylic acids is 1. The fourth-order valence-corrected chi connectivity index (χ4v) is 0.435. The number of thiol groups is 1. The maximum absolute atomic E-state index is 10.0. The van der Waals surface area contributed by atoms with Gasteiger partial charge in [0.05, 0.1) is 0 Å². The molecule has 0 rings (SSSR count). The summed E-state index contributed by atoms with van der Waals surface area (Å²) in [7, 11) is 2.02. The quantitative estimate of drug-likeness (QED) is 0.421. The van der Waals surface area contributed by atoms with E-state index in [1.165, 1.54) is 0 Å². The fourth-order valence-electron chi connectivity index (χ4n) is 0.179. The Morgan fingerprint density at radius 2 is 2.43 bits per heavy atom. The van der Waals surface area contributed by atoms with Gasteiger partial charge in [-0.25, -0.2) is 0 Å². The van der Waals surface area contributed by atoms with Gasteiger partial charge < -0.3 is 5.32 Å². The lowest BCUT2D eigenvalue weighted by Gasteiger charge is -1.93. The molecule has 1 amide bonds. The highest BCUT2D eigenvalue weighted by molar-refractivity contribution is 7.80. The predicted octanol–water partition coefficient (Wildman–Crippen LogP) is 0.501. The molecule has 0 spiro atoms. The minimum Gasteiger partial charge on any atom is -0.352 e. The Morgan fingerprint density at radius 3 is 2.57 bits per heavy atom. The summed E-state index contributed by atoms with van der Waals surface area (Å²) in [6.45, 7) is 0.644. The second kappa shape index (κ2) is 4.41. The van der Waals surface area contributed by atoms with E-state index in [4.69, 9.17) is 0 Å². The summed E-state index contributed by atoms with van der Waals surface area (Å²) in [5.74, 6) is 0.695. The molecule has 0 saturated carbocycles. The van der Waals surface area contributed by atoms with Crippen LogP contribution in [0.25, 0.3) is 0 Å². The van der Waals surface area contributed by atoms with Crippen molar-refractivity contribution in [2.45, 2.75) is 0 Å². The van der Waals surface area contributed by atoms with Crippen LogP contribution in [0, 0.1) is 0 Å². The lowest BCUT2D eigenvalue weighted by molar-refractivity contribution is 0.261. The van der Waals surface area contributed by atoms with Gasteiger partial charge in [0, 0.05) is 12.3 Å². The summed E-state index contributed by atoms with van der Waals surface area (Å²) in [5, 5.41) is 2.54. The molecule has 1 unspecified atom stereocenters. The first-order chi connectivity index (χ1) is 3.27. The third-order valence-corrected chi connectivity index (χ3v) is 0.839. The van der Waals surface area contributed by atoms with Gasteiger partial charge in [0.15, 0.2) is 0 Å². The van der Waals surface area contributed by atoms with Crippen molar-refractivity contribution in [2.75, 3.05) is 12.3 Å². The Hall–Kier alpha value is 0.250. The van der Waals surface area contributed by atoms with Crippen LogP contribution in [0.2, 0.25) is 0 Å². The lowest BCUT2D eigenvalue weighted by atomic mass is 10.8. The number of hydrogen-bond acceptors (Lipinski definition) is 2. The van der Waals surface area contributed by atoms with Gasteiger partial charge in [-0.1, -0.05) is 0 Å². The number of nitrogens with one attached hydrogen (secondary N) is 1. The molecule has 0 heterocycles. The molecule has 4 heteroatoms. The van der Waals surface area contributed by atoms with E-state index in [0.717, 1.165) is 0 Å². The van der Waals surface area contributed by atoms with Crippen LogP contribution in [-0.2, 0) is 0 Å². The number of carbonyl (C=O) groups is 1. The van der Waals surface area contributed by atoms with Crippen molar-refractivity contribution in [3.05, 3.63) is 0 Å². The monoisotopic (exact) mass is 137 g/mol. The van der Waals surface area contributed by atoms with Gasteiger partial charge >= 0.3 is 0 Å². The molecule has 42 valence electrons. The second-order valence-electron chi connectivity index (χ2n) is 1.01. The average Bonchev–Trinajstić information content (AvgIpc) is 1.61. The first-order valence-electron chi connectivity index (χ1n) is 1.91. The van der Waals surface area contributed by atoms with Gasteiger partial charge in [-0.15, -0.1) is 0 Å². The van der Waals surface area contributed by atoms with E-state index >= 15 is 0 Å². The normalized spacial score (nSPS) is 8.29. The Kier molecular flexibility index (Phi) is 4.57. The third-order valence-electron chi connectivity index (χ3n) is 0.411.